The van der Waals surface area contributed by atoms with E-state index in [1.807, 2.05) is 62.4 Å². The fourth-order valence-electron chi connectivity index (χ4n) is 4.23. The number of aryl methyl sites for hydroxylation is 2. The number of fused-ring (bicyclic) bond motifs is 1. The van der Waals surface area contributed by atoms with E-state index in [0.717, 1.165) is 44.8 Å². The fraction of sp³-hybridized carbons (Fsp3) is 0.233. The van der Waals surface area contributed by atoms with Gasteiger partial charge >= 0.3 is 5.97 Å². The van der Waals surface area contributed by atoms with Crippen LogP contribution in [-0.4, -0.2) is 29.0 Å². The molecular weight excluding hydrogens is 450 g/mol. The fourth-order valence-corrected chi connectivity index (χ4v) is 4.23. The highest BCUT2D eigenvalue weighted by Crippen LogP contribution is 2.29. The standard InChI is InChI=1S/C30H31N3O3/c1-18-15-20(7-14-26(34)36-6)16-19(2)27(18)28-32-24-13-8-21(17-25(24)33-28)29(35)31-23-11-9-22(10-12-23)30(3,4)5/h7-17H,1-6H3,(H,31,35)(H,32,33). The van der Waals surface area contributed by atoms with Crippen LogP contribution in [-0.2, 0) is 14.9 Å². The van der Waals surface area contributed by atoms with Crippen LogP contribution >= 0.6 is 0 Å². The average molecular weight is 482 g/mol. The number of nitrogens with one attached hydrogen (secondary N) is 2. The first-order chi connectivity index (χ1) is 17.0. The molecule has 0 aliphatic rings. The molecule has 4 rings (SSSR count). The summed E-state index contributed by atoms with van der Waals surface area (Å²) in [5.41, 5.74) is 8.09. The van der Waals surface area contributed by atoms with Crippen LogP contribution in [0.1, 0.15) is 53.4 Å². The van der Waals surface area contributed by atoms with Gasteiger partial charge in [-0.25, -0.2) is 9.78 Å². The van der Waals surface area contributed by atoms with Crippen molar-refractivity contribution in [3.63, 3.8) is 0 Å². The number of amides is 1. The molecule has 0 radical (unpaired) electrons. The Morgan fingerprint density at radius 2 is 1.64 bits per heavy atom. The van der Waals surface area contributed by atoms with E-state index in [1.165, 1.54) is 18.7 Å². The summed E-state index contributed by atoms with van der Waals surface area (Å²) in [4.78, 5) is 32.5. The van der Waals surface area contributed by atoms with Gasteiger partial charge in [0.2, 0.25) is 0 Å². The van der Waals surface area contributed by atoms with Gasteiger partial charge in [-0.2, -0.15) is 0 Å². The predicted octanol–water partition coefficient (Wildman–Crippen LogP) is 6.58. The number of ether oxygens (including phenoxy) is 1. The summed E-state index contributed by atoms with van der Waals surface area (Å²) in [5.74, 6) is 0.165. The molecule has 0 aliphatic carbocycles. The third kappa shape index (κ3) is 5.38. The van der Waals surface area contributed by atoms with E-state index in [2.05, 4.69) is 35.8 Å². The molecule has 184 valence electrons. The second-order valence-electron chi connectivity index (χ2n) is 9.99. The molecule has 0 unspecified atom stereocenters. The number of nitrogens with zero attached hydrogens (tertiary/aromatic N) is 1. The second kappa shape index (κ2) is 9.82. The van der Waals surface area contributed by atoms with Crippen molar-refractivity contribution in [2.75, 3.05) is 12.4 Å². The number of hydrogen-bond donors (Lipinski definition) is 2. The SMILES string of the molecule is COC(=O)C=Cc1cc(C)c(-c2nc3ccc(C(=O)Nc4ccc(C(C)(C)C)cc4)cc3[nH]2)c(C)c1. The zero-order valence-corrected chi connectivity index (χ0v) is 21.5. The van der Waals surface area contributed by atoms with Gasteiger partial charge in [0.15, 0.2) is 0 Å². The number of imidazole rings is 1. The highest BCUT2D eigenvalue weighted by atomic mass is 16.5. The summed E-state index contributed by atoms with van der Waals surface area (Å²) in [6.07, 6.45) is 3.14. The van der Waals surface area contributed by atoms with Gasteiger partial charge < -0.3 is 15.0 Å². The molecule has 0 saturated heterocycles. The molecule has 0 atom stereocenters. The Balaban J connectivity index is 1.58. The first-order valence-electron chi connectivity index (χ1n) is 11.8. The largest absolute Gasteiger partial charge is 0.466 e. The zero-order valence-electron chi connectivity index (χ0n) is 21.5. The van der Waals surface area contributed by atoms with Gasteiger partial charge in [0, 0.05) is 22.9 Å². The van der Waals surface area contributed by atoms with Crippen LogP contribution in [0.25, 0.3) is 28.5 Å². The molecular formula is C30H31N3O3. The van der Waals surface area contributed by atoms with Crippen LogP contribution < -0.4 is 5.32 Å². The van der Waals surface area contributed by atoms with E-state index in [4.69, 9.17) is 4.98 Å². The topological polar surface area (TPSA) is 84.1 Å². The van der Waals surface area contributed by atoms with Gasteiger partial charge in [-0.05, 0) is 77.9 Å². The number of methoxy groups -OCH3 is 1. The number of hydrogen-bond acceptors (Lipinski definition) is 4. The summed E-state index contributed by atoms with van der Waals surface area (Å²) < 4.78 is 4.67. The summed E-state index contributed by atoms with van der Waals surface area (Å²) in [7, 11) is 1.35. The van der Waals surface area contributed by atoms with Gasteiger partial charge in [0.25, 0.3) is 5.91 Å². The minimum atomic E-state index is -0.395. The number of aromatic amines is 1. The van der Waals surface area contributed by atoms with E-state index >= 15 is 0 Å². The number of esters is 1. The third-order valence-electron chi connectivity index (χ3n) is 6.16. The lowest BCUT2D eigenvalue weighted by Gasteiger charge is -2.19. The molecule has 4 aromatic rings. The molecule has 1 aromatic heterocycles. The van der Waals surface area contributed by atoms with Gasteiger partial charge in [0.1, 0.15) is 5.82 Å². The summed E-state index contributed by atoms with van der Waals surface area (Å²) in [6.45, 7) is 10.5. The van der Waals surface area contributed by atoms with Crippen LogP contribution in [0, 0.1) is 13.8 Å². The van der Waals surface area contributed by atoms with E-state index < -0.39 is 5.97 Å². The smallest absolute Gasteiger partial charge is 0.330 e. The van der Waals surface area contributed by atoms with Crippen molar-refractivity contribution in [3.8, 4) is 11.4 Å². The number of aromatic nitrogens is 2. The Morgan fingerprint density at radius 1 is 0.972 bits per heavy atom. The minimum Gasteiger partial charge on any atom is -0.466 e. The maximum atomic E-state index is 12.9. The molecule has 2 N–H and O–H groups in total. The van der Waals surface area contributed by atoms with Crippen LogP contribution in [0.2, 0.25) is 0 Å². The van der Waals surface area contributed by atoms with Crippen LogP contribution in [0.15, 0.2) is 60.7 Å². The van der Waals surface area contributed by atoms with E-state index in [-0.39, 0.29) is 11.3 Å². The lowest BCUT2D eigenvalue weighted by Crippen LogP contribution is -2.13. The molecule has 0 bridgehead atoms. The molecule has 3 aromatic carbocycles. The summed E-state index contributed by atoms with van der Waals surface area (Å²) >= 11 is 0. The average Bonchev–Trinajstić information content (AvgIpc) is 3.24. The Hall–Kier alpha value is -4.19. The van der Waals surface area contributed by atoms with E-state index in [1.54, 1.807) is 12.1 Å². The van der Waals surface area contributed by atoms with Gasteiger partial charge in [-0.1, -0.05) is 45.0 Å². The lowest BCUT2D eigenvalue weighted by atomic mass is 9.87. The maximum absolute atomic E-state index is 12.9. The minimum absolute atomic E-state index is 0.0582. The van der Waals surface area contributed by atoms with Crippen molar-refractivity contribution < 1.29 is 14.3 Å². The zero-order chi connectivity index (χ0) is 26.0. The predicted molar refractivity (Wildman–Crippen MR) is 145 cm³/mol. The quantitative estimate of drug-likeness (QED) is 0.249. The number of H-pyrrole nitrogens is 1. The molecule has 0 spiro atoms. The van der Waals surface area contributed by atoms with Gasteiger partial charge in [0.05, 0.1) is 18.1 Å². The lowest BCUT2D eigenvalue weighted by molar-refractivity contribution is -0.134. The molecule has 0 fully saturated rings. The first-order valence-corrected chi connectivity index (χ1v) is 11.8. The normalized spacial score (nSPS) is 11.7. The Bertz CT molecular complexity index is 1450. The second-order valence-corrected chi connectivity index (χ2v) is 9.99. The molecule has 1 heterocycles. The van der Waals surface area contributed by atoms with Crippen LogP contribution in [0.5, 0.6) is 0 Å². The van der Waals surface area contributed by atoms with Crippen molar-refractivity contribution in [1.82, 2.24) is 9.97 Å². The van der Waals surface area contributed by atoms with Crippen molar-refractivity contribution in [1.29, 1.82) is 0 Å². The molecule has 36 heavy (non-hydrogen) atoms. The third-order valence-corrected chi connectivity index (χ3v) is 6.16. The van der Waals surface area contributed by atoms with Crippen molar-refractivity contribution in [2.45, 2.75) is 40.0 Å². The molecule has 0 saturated carbocycles. The van der Waals surface area contributed by atoms with Gasteiger partial charge in [-0.3, -0.25) is 4.79 Å². The summed E-state index contributed by atoms with van der Waals surface area (Å²) in [5, 5.41) is 2.98. The molecule has 6 heteroatoms. The number of rotatable bonds is 5. The number of anilines is 1. The van der Waals surface area contributed by atoms with Gasteiger partial charge in [-0.15, -0.1) is 0 Å². The highest BCUT2D eigenvalue weighted by Gasteiger charge is 2.15. The highest BCUT2D eigenvalue weighted by molar-refractivity contribution is 6.06. The van der Waals surface area contributed by atoms with Crippen molar-refractivity contribution in [3.05, 3.63) is 88.5 Å². The Labute approximate surface area is 211 Å². The Kier molecular flexibility index (Phi) is 6.80. The van der Waals surface area contributed by atoms with E-state index in [9.17, 15) is 9.59 Å². The van der Waals surface area contributed by atoms with Crippen molar-refractivity contribution in [2.24, 2.45) is 0 Å². The van der Waals surface area contributed by atoms with Crippen LogP contribution in [0.4, 0.5) is 5.69 Å². The monoisotopic (exact) mass is 481 g/mol. The summed E-state index contributed by atoms with van der Waals surface area (Å²) in [6, 6.07) is 17.4. The molecule has 6 nitrogen and oxygen atoms in total. The van der Waals surface area contributed by atoms with Crippen LogP contribution in [0.3, 0.4) is 0 Å². The first kappa shape index (κ1) is 24.9. The Morgan fingerprint density at radius 3 is 2.25 bits per heavy atom. The number of carbonyl (C=O) groups excluding carboxylic acids is 2. The van der Waals surface area contributed by atoms with E-state index in [0.29, 0.717) is 5.56 Å². The number of carbonyl (C=O) groups is 2. The number of benzene rings is 3. The molecule has 0 aliphatic heterocycles. The van der Waals surface area contributed by atoms with Crippen molar-refractivity contribution >= 4 is 34.7 Å². The molecule has 1 amide bonds. The maximum Gasteiger partial charge on any atom is 0.330 e.